The van der Waals surface area contributed by atoms with E-state index in [-0.39, 0.29) is 44.2 Å². The molecule has 0 aliphatic heterocycles. The van der Waals surface area contributed by atoms with Crippen LogP contribution in [0.3, 0.4) is 0 Å². The maximum atomic E-state index is 11.4. The molecule has 0 bridgehead atoms. The standard InChI is InChI=1S/C12H24O5/c1-11(2,3)6-10(16)17-5-4-12(7-13,8-14)9-15/h13-15H,4-9H2,1-3H3. The third kappa shape index (κ3) is 6.61. The van der Waals surface area contributed by atoms with Crippen LogP contribution in [-0.4, -0.2) is 47.7 Å². The van der Waals surface area contributed by atoms with Crippen molar-refractivity contribution in [3.8, 4) is 0 Å². The summed E-state index contributed by atoms with van der Waals surface area (Å²) in [4.78, 5) is 11.4. The third-order valence-corrected chi connectivity index (χ3v) is 2.58. The number of aliphatic hydroxyl groups is 3. The van der Waals surface area contributed by atoms with Gasteiger partial charge in [0.2, 0.25) is 0 Å². The van der Waals surface area contributed by atoms with Gasteiger partial charge >= 0.3 is 5.97 Å². The lowest BCUT2D eigenvalue weighted by Gasteiger charge is -2.27. The average Bonchev–Trinajstić information content (AvgIpc) is 2.22. The highest BCUT2D eigenvalue weighted by molar-refractivity contribution is 5.70. The topological polar surface area (TPSA) is 87.0 Å². The first kappa shape index (κ1) is 16.4. The summed E-state index contributed by atoms with van der Waals surface area (Å²) in [6.07, 6.45) is 0.559. The van der Waals surface area contributed by atoms with E-state index < -0.39 is 5.41 Å². The lowest BCUT2D eigenvalue weighted by atomic mass is 9.88. The van der Waals surface area contributed by atoms with Gasteiger partial charge in [-0.15, -0.1) is 0 Å². The molecular formula is C12H24O5. The van der Waals surface area contributed by atoms with Crippen molar-refractivity contribution in [2.75, 3.05) is 26.4 Å². The monoisotopic (exact) mass is 248 g/mol. The number of carbonyl (C=O) groups is 1. The number of rotatable bonds is 7. The number of hydrogen-bond donors (Lipinski definition) is 3. The van der Waals surface area contributed by atoms with Crippen LogP contribution < -0.4 is 0 Å². The van der Waals surface area contributed by atoms with Crippen molar-refractivity contribution in [2.45, 2.75) is 33.6 Å². The summed E-state index contributed by atoms with van der Waals surface area (Å²) < 4.78 is 5.01. The second-order valence-corrected chi connectivity index (χ2v) is 5.68. The van der Waals surface area contributed by atoms with E-state index in [0.29, 0.717) is 6.42 Å². The average molecular weight is 248 g/mol. The molecule has 0 spiro atoms. The lowest BCUT2D eigenvalue weighted by Crippen LogP contribution is -2.35. The first-order valence-electron chi connectivity index (χ1n) is 5.77. The summed E-state index contributed by atoms with van der Waals surface area (Å²) in [5, 5.41) is 27.2. The second kappa shape index (κ2) is 6.93. The largest absolute Gasteiger partial charge is 0.466 e. The summed E-state index contributed by atoms with van der Waals surface area (Å²) >= 11 is 0. The van der Waals surface area contributed by atoms with E-state index in [9.17, 15) is 4.79 Å². The van der Waals surface area contributed by atoms with Crippen molar-refractivity contribution in [1.29, 1.82) is 0 Å². The molecule has 0 radical (unpaired) electrons. The maximum Gasteiger partial charge on any atom is 0.306 e. The fourth-order valence-corrected chi connectivity index (χ4v) is 1.25. The molecule has 0 aliphatic carbocycles. The van der Waals surface area contributed by atoms with Crippen molar-refractivity contribution < 1.29 is 24.9 Å². The molecular weight excluding hydrogens is 224 g/mol. The molecule has 3 N–H and O–H groups in total. The number of aliphatic hydroxyl groups excluding tert-OH is 3. The Kier molecular flexibility index (Phi) is 6.67. The lowest BCUT2D eigenvalue weighted by molar-refractivity contribution is -0.147. The van der Waals surface area contributed by atoms with Crippen LogP contribution in [0.1, 0.15) is 33.6 Å². The Labute approximate surface area is 102 Å². The highest BCUT2D eigenvalue weighted by Crippen LogP contribution is 2.21. The minimum absolute atomic E-state index is 0.0938. The van der Waals surface area contributed by atoms with E-state index in [4.69, 9.17) is 20.1 Å². The van der Waals surface area contributed by atoms with Crippen molar-refractivity contribution in [1.82, 2.24) is 0 Å². The van der Waals surface area contributed by atoms with Crippen LogP contribution in [0.4, 0.5) is 0 Å². The molecule has 0 amide bonds. The van der Waals surface area contributed by atoms with Gasteiger partial charge in [-0.2, -0.15) is 0 Å². The van der Waals surface area contributed by atoms with Crippen LogP contribution in [-0.2, 0) is 9.53 Å². The molecule has 0 atom stereocenters. The van der Waals surface area contributed by atoms with Crippen LogP contribution in [0.2, 0.25) is 0 Å². The summed E-state index contributed by atoms with van der Waals surface area (Å²) in [7, 11) is 0. The van der Waals surface area contributed by atoms with E-state index in [0.717, 1.165) is 0 Å². The Morgan fingerprint density at radius 3 is 1.88 bits per heavy atom. The minimum atomic E-state index is -0.970. The fourth-order valence-electron chi connectivity index (χ4n) is 1.25. The predicted molar refractivity (Wildman–Crippen MR) is 63.3 cm³/mol. The first-order valence-corrected chi connectivity index (χ1v) is 5.77. The van der Waals surface area contributed by atoms with Crippen LogP contribution in [0.5, 0.6) is 0 Å². The van der Waals surface area contributed by atoms with Crippen molar-refractivity contribution in [3.05, 3.63) is 0 Å². The molecule has 0 unspecified atom stereocenters. The zero-order valence-electron chi connectivity index (χ0n) is 10.9. The van der Waals surface area contributed by atoms with Crippen molar-refractivity contribution >= 4 is 5.97 Å². The summed E-state index contributed by atoms with van der Waals surface area (Å²) in [5.74, 6) is -0.305. The zero-order valence-corrected chi connectivity index (χ0v) is 10.9. The van der Waals surface area contributed by atoms with Gasteiger partial charge in [0, 0.05) is 5.41 Å². The van der Waals surface area contributed by atoms with Gasteiger partial charge in [-0.25, -0.2) is 0 Å². The highest BCUT2D eigenvalue weighted by atomic mass is 16.5. The Balaban J connectivity index is 4.01. The molecule has 0 heterocycles. The molecule has 0 aromatic rings. The van der Waals surface area contributed by atoms with Gasteiger partial charge in [0.1, 0.15) is 0 Å². The first-order chi connectivity index (χ1) is 7.78. The summed E-state index contributed by atoms with van der Waals surface area (Å²) in [6, 6.07) is 0. The number of esters is 1. The molecule has 102 valence electrons. The fraction of sp³-hybridized carbons (Fsp3) is 0.917. The normalized spacial score (nSPS) is 12.6. The van der Waals surface area contributed by atoms with Crippen LogP contribution >= 0.6 is 0 Å². The SMILES string of the molecule is CC(C)(C)CC(=O)OCCC(CO)(CO)CO. The molecule has 0 saturated carbocycles. The summed E-state index contributed by atoms with van der Waals surface area (Å²) in [6.45, 7) is 4.90. The minimum Gasteiger partial charge on any atom is -0.466 e. The molecule has 0 saturated heterocycles. The molecule has 0 rings (SSSR count). The number of hydrogen-bond acceptors (Lipinski definition) is 5. The highest BCUT2D eigenvalue weighted by Gasteiger charge is 2.28. The van der Waals surface area contributed by atoms with Gasteiger partial charge in [-0.05, 0) is 11.8 Å². The zero-order chi connectivity index (χ0) is 13.5. The molecule has 17 heavy (non-hydrogen) atoms. The molecule has 0 fully saturated rings. The van der Waals surface area contributed by atoms with Gasteiger partial charge in [0.25, 0.3) is 0 Å². The van der Waals surface area contributed by atoms with Crippen molar-refractivity contribution in [2.24, 2.45) is 10.8 Å². The molecule has 5 heteroatoms. The Morgan fingerprint density at radius 2 is 1.53 bits per heavy atom. The maximum absolute atomic E-state index is 11.4. The molecule has 0 aliphatic rings. The van der Waals surface area contributed by atoms with E-state index in [1.807, 2.05) is 20.8 Å². The third-order valence-electron chi connectivity index (χ3n) is 2.58. The van der Waals surface area contributed by atoms with Gasteiger partial charge < -0.3 is 20.1 Å². The van der Waals surface area contributed by atoms with E-state index in [2.05, 4.69) is 0 Å². The van der Waals surface area contributed by atoms with Crippen LogP contribution in [0.25, 0.3) is 0 Å². The van der Waals surface area contributed by atoms with E-state index in [1.54, 1.807) is 0 Å². The Bertz CT molecular complexity index is 219. The van der Waals surface area contributed by atoms with E-state index >= 15 is 0 Å². The van der Waals surface area contributed by atoms with Gasteiger partial charge in [0.05, 0.1) is 32.8 Å². The van der Waals surface area contributed by atoms with Gasteiger partial charge in [0.15, 0.2) is 0 Å². The smallest absolute Gasteiger partial charge is 0.306 e. The second-order valence-electron chi connectivity index (χ2n) is 5.68. The van der Waals surface area contributed by atoms with E-state index in [1.165, 1.54) is 0 Å². The summed E-state index contributed by atoms with van der Waals surface area (Å²) in [5.41, 5.74) is -1.10. The Morgan fingerprint density at radius 1 is 1.06 bits per heavy atom. The predicted octanol–water partition coefficient (Wildman–Crippen LogP) is 0.319. The van der Waals surface area contributed by atoms with Gasteiger partial charge in [-0.3, -0.25) is 4.79 Å². The van der Waals surface area contributed by atoms with Crippen LogP contribution in [0.15, 0.2) is 0 Å². The number of carbonyl (C=O) groups excluding carboxylic acids is 1. The molecule has 5 nitrogen and oxygen atoms in total. The van der Waals surface area contributed by atoms with Crippen molar-refractivity contribution in [3.63, 3.8) is 0 Å². The quantitative estimate of drug-likeness (QED) is 0.565. The molecule has 0 aromatic carbocycles. The Hall–Kier alpha value is -0.650. The van der Waals surface area contributed by atoms with Crippen LogP contribution in [0, 0.1) is 10.8 Å². The number of ether oxygens (including phenoxy) is 1. The molecule has 0 aromatic heterocycles. The van der Waals surface area contributed by atoms with Gasteiger partial charge in [-0.1, -0.05) is 20.8 Å².